The number of carbonyl (C=O) groups excluding carboxylic acids is 1. The zero-order chi connectivity index (χ0) is 12.5. The summed E-state index contributed by atoms with van der Waals surface area (Å²) in [7, 11) is 1.62. The molecule has 2 rings (SSSR count). The normalized spacial score (nSPS) is 36.6. The monoisotopic (exact) mass is 236 g/mol. The van der Waals surface area contributed by atoms with Crippen molar-refractivity contribution in [2.24, 2.45) is 11.3 Å². The van der Waals surface area contributed by atoms with Crippen LogP contribution in [-0.2, 0) is 14.3 Å². The maximum Gasteiger partial charge on any atom is 0.164 e. The Hall–Kier alpha value is -0.930. The van der Waals surface area contributed by atoms with Gasteiger partial charge < -0.3 is 9.47 Å². The van der Waals surface area contributed by atoms with Gasteiger partial charge in [-0.05, 0) is 31.4 Å². The summed E-state index contributed by atoms with van der Waals surface area (Å²) in [5.41, 5.74) is 0.520. The second kappa shape index (κ2) is 4.75. The van der Waals surface area contributed by atoms with E-state index in [2.05, 4.69) is 19.1 Å². The van der Waals surface area contributed by atoms with E-state index in [9.17, 15) is 4.79 Å². The van der Waals surface area contributed by atoms with Crippen molar-refractivity contribution in [2.75, 3.05) is 13.9 Å². The molecule has 94 valence electrons. The molecule has 0 unspecified atom stereocenters. The molecule has 0 bridgehead atoms. The third-order valence-electron chi connectivity index (χ3n) is 3.98. The van der Waals surface area contributed by atoms with Gasteiger partial charge in [-0.2, -0.15) is 0 Å². The van der Waals surface area contributed by atoms with Gasteiger partial charge >= 0.3 is 0 Å². The Morgan fingerprint density at radius 1 is 1.47 bits per heavy atom. The molecular formula is C14H20O3. The average molecular weight is 236 g/mol. The van der Waals surface area contributed by atoms with Gasteiger partial charge in [0.2, 0.25) is 0 Å². The Bertz CT molecular complexity index is 370. The summed E-state index contributed by atoms with van der Waals surface area (Å²) >= 11 is 0. The van der Waals surface area contributed by atoms with Crippen LogP contribution >= 0.6 is 0 Å². The molecule has 0 amide bonds. The number of ether oxygens (including phenoxy) is 2. The first kappa shape index (κ1) is 12.5. The third-order valence-corrected chi connectivity index (χ3v) is 3.98. The smallest absolute Gasteiger partial charge is 0.164 e. The van der Waals surface area contributed by atoms with Gasteiger partial charge in [0.15, 0.2) is 5.78 Å². The SMILES string of the molecule is COCO[C@@H]1C=C(C)C(=O)[C@]2(C)CC=CC[C@H]12. The Balaban J connectivity index is 2.28. The average Bonchev–Trinajstić information content (AvgIpc) is 2.33. The van der Waals surface area contributed by atoms with Gasteiger partial charge in [0.25, 0.3) is 0 Å². The van der Waals surface area contributed by atoms with Crippen molar-refractivity contribution in [3.8, 4) is 0 Å². The van der Waals surface area contributed by atoms with Gasteiger partial charge in [-0.3, -0.25) is 4.79 Å². The first-order chi connectivity index (χ1) is 8.09. The maximum absolute atomic E-state index is 12.3. The second-order valence-corrected chi connectivity index (χ2v) is 5.15. The summed E-state index contributed by atoms with van der Waals surface area (Å²) in [6.45, 7) is 4.22. The molecule has 2 aliphatic rings. The lowest BCUT2D eigenvalue weighted by Gasteiger charge is -2.44. The standard InChI is InChI=1S/C14H20O3/c1-10-8-12(17-9-16-3)11-6-4-5-7-14(11,2)13(10)15/h4-5,8,11-12H,6-7,9H2,1-3H3/t11-,12-,14-/m1/s1. The number of Topliss-reactive ketones (excluding diaryl/α,β-unsaturated/α-hetero) is 1. The maximum atomic E-state index is 12.3. The van der Waals surface area contributed by atoms with Gasteiger partial charge in [-0.25, -0.2) is 0 Å². The van der Waals surface area contributed by atoms with Gasteiger partial charge in [-0.1, -0.05) is 19.1 Å². The van der Waals surface area contributed by atoms with E-state index in [0.29, 0.717) is 0 Å². The molecule has 0 spiro atoms. The molecule has 0 N–H and O–H groups in total. The highest BCUT2D eigenvalue weighted by Crippen LogP contribution is 2.46. The van der Waals surface area contributed by atoms with E-state index in [1.165, 1.54) is 0 Å². The number of allylic oxidation sites excluding steroid dienone is 3. The number of fused-ring (bicyclic) bond motifs is 1. The topological polar surface area (TPSA) is 35.5 Å². The fourth-order valence-corrected chi connectivity index (χ4v) is 2.94. The van der Waals surface area contributed by atoms with Crippen molar-refractivity contribution in [2.45, 2.75) is 32.8 Å². The Labute approximate surface area is 102 Å². The lowest BCUT2D eigenvalue weighted by Crippen LogP contribution is -2.47. The fourth-order valence-electron chi connectivity index (χ4n) is 2.94. The van der Waals surface area contributed by atoms with Crippen LogP contribution in [0.3, 0.4) is 0 Å². The number of ketones is 1. The Morgan fingerprint density at radius 3 is 2.94 bits per heavy atom. The van der Waals surface area contributed by atoms with E-state index in [0.717, 1.165) is 18.4 Å². The third kappa shape index (κ3) is 2.09. The number of rotatable bonds is 3. The number of hydrogen-bond acceptors (Lipinski definition) is 3. The zero-order valence-electron chi connectivity index (χ0n) is 10.7. The molecule has 3 nitrogen and oxygen atoms in total. The minimum Gasteiger partial charge on any atom is -0.359 e. The highest BCUT2D eigenvalue weighted by Gasteiger charge is 2.48. The summed E-state index contributed by atoms with van der Waals surface area (Å²) < 4.78 is 10.7. The summed E-state index contributed by atoms with van der Waals surface area (Å²) in [6, 6.07) is 0. The predicted octanol–water partition coefficient (Wildman–Crippen LogP) is 2.48. The van der Waals surface area contributed by atoms with Gasteiger partial charge in [0.05, 0.1) is 6.10 Å². The van der Waals surface area contributed by atoms with Crippen LogP contribution in [-0.4, -0.2) is 25.8 Å². The van der Waals surface area contributed by atoms with Gasteiger partial charge in [0.1, 0.15) is 6.79 Å². The molecule has 0 aromatic heterocycles. The number of hydrogen-bond donors (Lipinski definition) is 0. The molecule has 0 heterocycles. The van der Waals surface area contributed by atoms with Gasteiger partial charge in [-0.15, -0.1) is 0 Å². The Morgan fingerprint density at radius 2 is 2.24 bits per heavy atom. The fraction of sp³-hybridized carbons (Fsp3) is 0.643. The van der Waals surface area contributed by atoms with Crippen molar-refractivity contribution in [3.63, 3.8) is 0 Å². The molecule has 3 heteroatoms. The van der Waals surface area contributed by atoms with Crippen LogP contribution in [0.1, 0.15) is 26.7 Å². The molecule has 0 aliphatic heterocycles. The summed E-state index contributed by atoms with van der Waals surface area (Å²) in [6.07, 6.45) is 7.92. The van der Waals surface area contributed by atoms with Crippen LogP contribution in [0.25, 0.3) is 0 Å². The van der Waals surface area contributed by atoms with E-state index >= 15 is 0 Å². The van der Waals surface area contributed by atoms with Crippen LogP contribution in [0.5, 0.6) is 0 Å². The predicted molar refractivity (Wildman–Crippen MR) is 65.5 cm³/mol. The first-order valence-corrected chi connectivity index (χ1v) is 6.08. The van der Waals surface area contributed by atoms with Crippen molar-refractivity contribution < 1.29 is 14.3 Å². The molecular weight excluding hydrogens is 216 g/mol. The number of methoxy groups -OCH3 is 1. The highest BCUT2D eigenvalue weighted by molar-refractivity contribution is 6.00. The molecule has 0 radical (unpaired) electrons. The summed E-state index contributed by atoms with van der Waals surface area (Å²) in [5, 5.41) is 0. The van der Waals surface area contributed by atoms with E-state index in [-0.39, 0.29) is 30.0 Å². The second-order valence-electron chi connectivity index (χ2n) is 5.15. The lowest BCUT2D eigenvalue weighted by atomic mass is 9.61. The van der Waals surface area contributed by atoms with Crippen molar-refractivity contribution >= 4 is 5.78 Å². The number of carbonyl (C=O) groups is 1. The van der Waals surface area contributed by atoms with E-state index < -0.39 is 0 Å². The van der Waals surface area contributed by atoms with E-state index in [4.69, 9.17) is 9.47 Å². The molecule has 17 heavy (non-hydrogen) atoms. The van der Waals surface area contributed by atoms with Crippen molar-refractivity contribution in [1.82, 2.24) is 0 Å². The van der Waals surface area contributed by atoms with Crippen molar-refractivity contribution in [1.29, 1.82) is 0 Å². The molecule has 3 atom stereocenters. The molecule has 0 fully saturated rings. The highest BCUT2D eigenvalue weighted by atomic mass is 16.7. The minimum absolute atomic E-state index is 0.0115. The molecule has 0 aromatic carbocycles. The quantitative estimate of drug-likeness (QED) is 0.558. The van der Waals surface area contributed by atoms with Gasteiger partial charge in [0, 0.05) is 18.4 Å². The van der Waals surface area contributed by atoms with Crippen LogP contribution < -0.4 is 0 Å². The van der Waals surface area contributed by atoms with E-state index in [1.807, 2.05) is 13.0 Å². The van der Waals surface area contributed by atoms with Crippen molar-refractivity contribution in [3.05, 3.63) is 23.8 Å². The van der Waals surface area contributed by atoms with Crippen LogP contribution in [0.2, 0.25) is 0 Å². The largest absolute Gasteiger partial charge is 0.359 e. The molecule has 0 aromatic rings. The van der Waals surface area contributed by atoms with Crippen LogP contribution in [0.4, 0.5) is 0 Å². The van der Waals surface area contributed by atoms with Crippen LogP contribution in [0, 0.1) is 11.3 Å². The van der Waals surface area contributed by atoms with E-state index in [1.54, 1.807) is 7.11 Å². The minimum atomic E-state index is -0.300. The van der Waals surface area contributed by atoms with Crippen LogP contribution in [0.15, 0.2) is 23.8 Å². The molecule has 0 saturated carbocycles. The zero-order valence-corrected chi connectivity index (χ0v) is 10.7. The summed E-state index contributed by atoms with van der Waals surface area (Å²) in [5.74, 6) is 0.503. The first-order valence-electron chi connectivity index (χ1n) is 6.08. The lowest BCUT2D eigenvalue weighted by molar-refractivity contribution is -0.138. The molecule has 2 aliphatic carbocycles. The molecule has 0 saturated heterocycles. The summed E-state index contributed by atoms with van der Waals surface area (Å²) in [4.78, 5) is 12.3. The Kier molecular flexibility index (Phi) is 3.50.